The number of benzene rings is 1. The highest BCUT2D eigenvalue weighted by Gasteiger charge is 1.96. The molecule has 1 rings (SSSR count). The Morgan fingerprint density at radius 1 is 1.40 bits per heavy atom. The van der Waals surface area contributed by atoms with Crippen LogP contribution in [0.5, 0.6) is 0 Å². The molecule has 1 aromatic rings. The number of hydrogen-bond donors (Lipinski definition) is 3. The number of nitrogens with one attached hydrogen (secondary N) is 1. The van der Waals surface area contributed by atoms with Crippen LogP contribution >= 0.6 is 0 Å². The fourth-order valence-corrected chi connectivity index (χ4v) is 1.11. The Morgan fingerprint density at radius 3 is 2.47 bits per heavy atom. The monoisotopic (exact) mass is 208 g/mol. The summed E-state index contributed by atoms with van der Waals surface area (Å²) in [5.41, 5.74) is 7.39. The van der Waals surface area contributed by atoms with Crippen LogP contribution in [0.4, 0.5) is 11.4 Å². The van der Waals surface area contributed by atoms with Gasteiger partial charge in [0.05, 0.1) is 6.54 Å². The zero-order chi connectivity index (χ0) is 11.3. The second-order valence-corrected chi connectivity index (χ2v) is 3.39. The Bertz CT molecular complexity index is 332. The van der Waals surface area contributed by atoms with E-state index in [-0.39, 0.29) is 5.84 Å². The molecule has 5 heteroatoms. The molecule has 1 aromatic carbocycles. The molecule has 0 aliphatic rings. The van der Waals surface area contributed by atoms with Gasteiger partial charge in [0.25, 0.3) is 0 Å². The van der Waals surface area contributed by atoms with Gasteiger partial charge in [-0.05, 0) is 24.3 Å². The van der Waals surface area contributed by atoms with E-state index in [2.05, 4.69) is 10.5 Å². The molecule has 0 saturated heterocycles. The summed E-state index contributed by atoms with van der Waals surface area (Å²) in [6.07, 6.45) is 0. The van der Waals surface area contributed by atoms with Crippen LogP contribution in [-0.2, 0) is 0 Å². The Balaban J connectivity index is 2.57. The molecular weight excluding hydrogens is 192 g/mol. The zero-order valence-corrected chi connectivity index (χ0v) is 8.94. The Labute approximate surface area is 89.2 Å². The lowest BCUT2D eigenvalue weighted by Crippen LogP contribution is -2.22. The lowest BCUT2D eigenvalue weighted by atomic mass is 10.2. The molecule has 0 fully saturated rings. The van der Waals surface area contributed by atoms with E-state index in [0.29, 0.717) is 6.54 Å². The molecule has 4 N–H and O–H groups in total. The minimum absolute atomic E-state index is 0.159. The first-order chi connectivity index (χ1) is 7.13. The summed E-state index contributed by atoms with van der Waals surface area (Å²) in [7, 11) is 3.97. The first-order valence-electron chi connectivity index (χ1n) is 4.61. The van der Waals surface area contributed by atoms with Gasteiger partial charge in [-0.3, -0.25) is 0 Å². The van der Waals surface area contributed by atoms with Crippen LogP contribution in [0, 0.1) is 0 Å². The summed E-state index contributed by atoms with van der Waals surface area (Å²) in [6, 6.07) is 7.88. The maximum atomic E-state index is 8.35. The minimum Gasteiger partial charge on any atom is -0.409 e. The SMILES string of the molecule is CN(C)c1ccc(NCC(N)=NO)cc1. The topological polar surface area (TPSA) is 73.9 Å². The zero-order valence-electron chi connectivity index (χ0n) is 8.94. The molecule has 0 aromatic heterocycles. The number of rotatable bonds is 4. The molecule has 0 heterocycles. The van der Waals surface area contributed by atoms with E-state index in [0.717, 1.165) is 11.4 Å². The molecule has 0 bridgehead atoms. The number of nitrogens with zero attached hydrogens (tertiary/aromatic N) is 2. The molecule has 5 nitrogen and oxygen atoms in total. The molecule has 0 saturated carbocycles. The van der Waals surface area contributed by atoms with Gasteiger partial charge in [-0.2, -0.15) is 0 Å². The van der Waals surface area contributed by atoms with Crippen LogP contribution < -0.4 is 16.0 Å². The minimum atomic E-state index is 0.159. The quantitative estimate of drug-likeness (QED) is 0.297. The van der Waals surface area contributed by atoms with Crippen LogP contribution in [0.15, 0.2) is 29.4 Å². The number of oxime groups is 1. The van der Waals surface area contributed by atoms with Gasteiger partial charge < -0.3 is 21.2 Å². The van der Waals surface area contributed by atoms with Crippen LogP contribution in [-0.4, -0.2) is 31.7 Å². The van der Waals surface area contributed by atoms with E-state index in [9.17, 15) is 0 Å². The van der Waals surface area contributed by atoms with Crippen molar-refractivity contribution in [3.05, 3.63) is 24.3 Å². The first kappa shape index (κ1) is 11.2. The Morgan fingerprint density at radius 2 is 2.00 bits per heavy atom. The number of amidine groups is 1. The fourth-order valence-electron chi connectivity index (χ4n) is 1.11. The van der Waals surface area contributed by atoms with Crippen molar-refractivity contribution in [2.45, 2.75) is 0 Å². The molecule has 15 heavy (non-hydrogen) atoms. The second kappa shape index (κ2) is 5.09. The summed E-state index contributed by atoms with van der Waals surface area (Å²) < 4.78 is 0. The third-order valence-corrected chi connectivity index (χ3v) is 1.99. The van der Waals surface area contributed by atoms with Gasteiger partial charge in [-0.25, -0.2) is 0 Å². The van der Waals surface area contributed by atoms with Crippen molar-refractivity contribution in [2.24, 2.45) is 10.9 Å². The second-order valence-electron chi connectivity index (χ2n) is 3.39. The van der Waals surface area contributed by atoms with Crippen molar-refractivity contribution >= 4 is 17.2 Å². The van der Waals surface area contributed by atoms with E-state index >= 15 is 0 Å². The maximum Gasteiger partial charge on any atom is 0.158 e. The smallest absolute Gasteiger partial charge is 0.158 e. The molecule has 0 amide bonds. The van der Waals surface area contributed by atoms with Crippen molar-refractivity contribution < 1.29 is 5.21 Å². The molecule has 0 atom stereocenters. The predicted molar refractivity (Wildman–Crippen MR) is 62.7 cm³/mol. The highest BCUT2D eigenvalue weighted by molar-refractivity contribution is 5.84. The van der Waals surface area contributed by atoms with Crippen molar-refractivity contribution in [2.75, 3.05) is 30.9 Å². The first-order valence-corrected chi connectivity index (χ1v) is 4.61. The van der Waals surface area contributed by atoms with Gasteiger partial charge >= 0.3 is 0 Å². The fraction of sp³-hybridized carbons (Fsp3) is 0.300. The highest BCUT2D eigenvalue weighted by Crippen LogP contribution is 2.15. The lowest BCUT2D eigenvalue weighted by molar-refractivity contribution is 0.317. The van der Waals surface area contributed by atoms with Gasteiger partial charge in [0, 0.05) is 25.5 Å². The molecule has 0 spiro atoms. The summed E-state index contributed by atoms with van der Waals surface area (Å²) >= 11 is 0. The van der Waals surface area contributed by atoms with Crippen molar-refractivity contribution in [1.82, 2.24) is 0 Å². The van der Waals surface area contributed by atoms with Gasteiger partial charge in [0.2, 0.25) is 0 Å². The van der Waals surface area contributed by atoms with Gasteiger partial charge in [0.15, 0.2) is 5.84 Å². The number of nitrogens with two attached hydrogens (primary N) is 1. The average Bonchev–Trinajstić information content (AvgIpc) is 2.26. The van der Waals surface area contributed by atoms with Gasteiger partial charge in [0.1, 0.15) is 0 Å². The van der Waals surface area contributed by atoms with Gasteiger partial charge in [-0.15, -0.1) is 0 Å². The molecule has 0 unspecified atom stereocenters. The van der Waals surface area contributed by atoms with Crippen molar-refractivity contribution in [1.29, 1.82) is 0 Å². The third kappa shape index (κ3) is 3.38. The normalized spacial score (nSPS) is 11.2. The van der Waals surface area contributed by atoms with Crippen LogP contribution in [0.1, 0.15) is 0 Å². The molecular formula is C10H16N4O. The standard InChI is InChI=1S/C10H16N4O/c1-14(2)9-5-3-8(4-6-9)12-7-10(11)13-15/h3-6,12,15H,7H2,1-2H3,(H2,11,13). The molecule has 0 radical (unpaired) electrons. The third-order valence-electron chi connectivity index (χ3n) is 1.99. The van der Waals surface area contributed by atoms with Crippen molar-refractivity contribution in [3.8, 4) is 0 Å². The van der Waals surface area contributed by atoms with E-state index < -0.39 is 0 Å². The van der Waals surface area contributed by atoms with Crippen molar-refractivity contribution in [3.63, 3.8) is 0 Å². The van der Waals surface area contributed by atoms with E-state index in [1.54, 1.807) is 0 Å². The summed E-state index contributed by atoms with van der Waals surface area (Å²) in [5, 5.41) is 14.2. The predicted octanol–water partition coefficient (Wildman–Crippen LogP) is 0.911. The van der Waals surface area contributed by atoms with E-state index in [1.165, 1.54) is 0 Å². The Hall–Kier alpha value is -1.91. The summed E-state index contributed by atoms with van der Waals surface area (Å²) in [4.78, 5) is 2.02. The highest BCUT2D eigenvalue weighted by atomic mass is 16.4. The van der Waals surface area contributed by atoms with Crippen LogP contribution in [0.2, 0.25) is 0 Å². The van der Waals surface area contributed by atoms with E-state index in [1.807, 2.05) is 43.3 Å². The van der Waals surface area contributed by atoms with E-state index in [4.69, 9.17) is 10.9 Å². The van der Waals surface area contributed by atoms with Crippen LogP contribution in [0.3, 0.4) is 0 Å². The summed E-state index contributed by atoms with van der Waals surface area (Å²) in [6.45, 7) is 0.331. The molecule has 0 aliphatic heterocycles. The lowest BCUT2D eigenvalue weighted by Gasteiger charge is -2.13. The molecule has 0 aliphatic carbocycles. The number of anilines is 2. The Kier molecular flexibility index (Phi) is 3.79. The largest absolute Gasteiger partial charge is 0.409 e. The maximum absolute atomic E-state index is 8.35. The van der Waals surface area contributed by atoms with Gasteiger partial charge in [-0.1, -0.05) is 5.16 Å². The molecule has 82 valence electrons. The van der Waals surface area contributed by atoms with Crippen LogP contribution in [0.25, 0.3) is 0 Å². The summed E-state index contributed by atoms with van der Waals surface area (Å²) in [5.74, 6) is 0.159. The average molecular weight is 208 g/mol. The number of hydrogen-bond acceptors (Lipinski definition) is 4.